The third kappa shape index (κ3) is 15.6. The van der Waals surface area contributed by atoms with E-state index < -0.39 is 24.0 Å². The molecular weight excluding hydrogens is 300 g/mol. The van der Waals surface area contributed by atoms with E-state index in [0.717, 1.165) is 23.0 Å². The summed E-state index contributed by atoms with van der Waals surface area (Å²) in [5.41, 5.74) is 10.5. The largest absolute Gasteiger partial charge is 0.480 e. The van der Waals surface area contributed by atoms with Gasteiger partial charge >= 0.3 is 11.9 Å². The van der Waals surface area contributed by atoms with Crippen LogP contribution < -0.4 is 11.5 Å². The Balaban J connectivity index is 0. The fraction of sp³-hybridized carbons (Fsp3) is 0.833. The van der Waals surface area contributed by atoms with E-state index in [1.165, 1.54) is 0 Å². The Kier molecular flexibility index (Phi) is 16.3. The van der Waals surface area contributed by atoms with Crippen molar-refractivity contribution in [3.63, 3.8) is 0 Å². The molecule has 0 fully saturated rings. The van der Waals surface area contributed by atoms with Gasteiger partial charge in [-0.3, -0.25) is 9.59 Å². The van der Waals surface area contributed by atoms with Gasteiger partial charge in [-0.2, -0.15) is 23.5 Å². The average Bonchev–Trinajstić information content (AvgIpc) is 2.39. The van der Waals surface area contributed by atoms with E-state index in [1.807, 2.05) is 13.8 Å². The van der Waals surface area contributed by atoms with Gasteiger partial charge in [0.05, 0.1) is 0 Å². The van der Waals surface area contributed by atoms with Crippen LogP contribution in [0.5, 0.6) is 0 Å². The molecule has 2 atom stereocenters. The number of carboxylic acid groups (broad SMARTS) is 2. The highest BCUT2D eigenvalue weighted by molar-refractivity contribution is 7.99. The number of hydrogen-bond acceptors (Lipinski definition) is 6. The number of rotatable bonds is 10. The van der Waals surface area contributed by atoms with Crippen LogP contribution in [-0.2, 0) is 9.59 Å². The molecule has 0 saturated heterocycles. The molecule has 6 nitrogen and oxygen atoms in total. The van der Waals surface area contributed by atoms with Crippen LogP contribution in [0.1, 0.15) is 26.7 Å². The van der Waals surface area contributed by atoms with E-state index >= 15 is 0 Å². The fourth-order valence-electron chi connectivity index (χ4n) is 0.956. The first kappa shape index (κ1) is 21.9. The smallest absolute Gasteiger partial charge is 0.320 e. The SMILES string of the molecule is CCSCC[C@@H](N)C(=O)O.CCSCC[C@H](N)C(=O)O. The highest BCUT2D eigenvalue weighted by atomic mass is 32.2. The number of thioether (sulfide) groups is 2. The average molecular weight is 326 g/mol. The van der Waals surface area contributed by atoms with Gasteiger partial charge in [-0.1, -0.05) is 13.8 Å². The number of carboxylic acids is 2. The Morgan fingerprint density at radius 1 is 0.900 bits per heavy atom. The first-order valence-corrected chi connectivity index (χ1v) is 8.79. The van der Waals surface area contributed by atoms with Crippen LogP contribution in [0.2, 0.25) is 0 Å². The maximum absolute atomic E-state index is 10.2. The Bertz CT molecular complexity index is 242. The predicted molar refractivity (Wildman–Crippen MR) is 86.5 cm³/mol. The molecule has 0 saturated carbocycles. The molecule has 0 aliphatic carbocycles. The van der Waals surface area contributed by atoms with Gasteiger partial charge in [-0.05, 0) is 35.9 Å². The van der Waals surface area contributed by atoms with E-state index in [-0.39, 0.29) is 0 Å². The zero-order chi connectivity index (χ0) is 16.0. The van der Waals surface area contributed by atoms with Gasteiger partial charge in [0.15, 0.2) is 0 Å². The van der Waals surface area contributed by atoms with Crippen LogP contribution in [0.4, 0.5) is 0 Å². The van der Waals surface area contributed by atoms with Gasteiger partial charge in [0.25, 0.3) is 0 Å². The first-order valence-electron chi connectivity index (χ1n) is 6.48. The minimum absolute atomic E-state index is 0.563. The van der Waals surface area contributed by atoms with Crippen molar-refractivity contribution >= 4 is 35.5 Å². The predicted octanol–water partition coefficient (Wildman–Crippen LogP) is 1.08. The second-order valence-corrected chi connectivity index (χ2v) is 6.65. The molecule has 0 aromatic carbocycles. The normalized spacial score (nSPS) is 13.0. The second kappa shape index (κ2) is 15.0. The van der Waals surface area contributed by atoms with Crippen LogP contribution in [0.15, 0.2) is 0 Å². The molecule has 0 unspecified atom stereocenters. The summed E-state index contributed by atoms with van der Waals surface area (Å²) in [7, 11) is 0. The minimum Gasteiger partial charge on any atom is -0.480 e. The lowest BCUT2D eigenvalue weighted by atomic mass is 10.2. The van der Waals surface area contributed by atoms with Gasteiger partial charge in [0.2, 0.25) is 0 Å². The van der Waals surface area contributed by atoms with Crippen molar-refractivity contribution in [1.82, 2.24) is 0 Å². The van der Waals surface area contributed by atoms with Crippen molar-refractivity contribution < 1.29 is 19.8 Å². The van der Waals surface area contributed by atoms with Crippen molar-refractivity contribution in [2.75, 3.05) is 23.0 Å². The van der Waals surface area contributed by atoms with E-state index in [9.17, 15) is 9.59 Å². The molecule has 0 heterocycles. The molecule has 6 N–H and O–H groups in total. The number of nitrogens with two attached hydrogens (primary N) is 2. The van der Waals surface area contributed by atoms with Gasteiger partial charge < -0.3 is 21.7 Å². The van der Waals surface area contributed by atoms with Crippen LogP contribution in [0.3, 0.4) is 0 Å². The lowest BCUT2D eigenvalue weighted by Gasteiger charge is -2.03. The summed E-state index contributed by atoms with van der Waals surface area (Å²) in [6, 6.07) is -1.36. The number of aliphatic carboxylic acids is 2. The standard InChI is InChI=1S/2C6H13NO2S/c2*1-2-10-4-3-5(7)6(8)9/h2*5H,2-4,7H2,1H3,(H,8,9)/t2*5-/m10/s1. The van der Waals surface area contributed by atoms with Gasteiger partial charge in [-0.25, -0.2) is 0 Å². The lowest BCUT2D eigenvalue weighted by molar-refractivity contribution is -0.139. The molecule has 0 rings (SSSR count). The molecule has 0 amide bonds. The molecule has 0 aromatic heterocycles. The fourth-order valence-corrected chi connectivity index (χ4v) is 2.37. The quantitative estimate of drug-likeness (QED) is 0.439. The summed E-state index contributed by atoms with van der Waals surface area (Å²) in [5.74, 6) is 1.90. The van der Waals surface area contributed by atoms with Gasteiger partial charge in [0.1, 0.15) is 12.1 Å². The van der Waals surface area contributed by atoms with Crippen molar-refractivity contribution in [2.24, 2.45) is 11.5 Å². The van der Waals surface area contributed by atoms with Crippen LogP contribution in [-0.4, -0.2) is 57.2 Å². The summed E-state index contributed by atoms with van der Waals surface area (Å²) in [5, 5.41) is 16.7. The molecular formula is C12H26N2O4S2. The second-order valence-electron chi connectivity index (χ2n) is 3.86. The topological polar surface area (TPSA) is 127 Å². The molecule has 0 aliphatic rings. The Morgan fingerprint density at radius 2 is 1.20 bits per heavy atom. The van der Waals surface area contributed by atoms with Crippen LogP contribution in [0.25, 0.3) is 0 Å². The number of carbonyl (C=O) groups is 2. The maximum Gasteiger partial charge on any atom is 0.320 e. The summed E-state index contributed by atoms with van der Waals surface area (Å²) in [4.78, 5) is 20.3. The summed E-state index contributed by atoms with van der Waals surface area (Å²) < 4.78 is 0. The van der Waals surface area contributed by atoms with Crippen LogP contribution in [0, 0.1) is 0 Å². The van der Waals surface area contributed by atoms with E-state index in [4.69, 9.17) is 21.7 Å². The van der Waals surface area contributed by atoms with Gasteiger partial charge in [0, 0.05) is 0 Å². The molecule has 0 spiro atoms. The van der Waals surface area contributed by atoms with Gasteiger partial charge in [-0.15, -0.1) is 0 Å². The molecule has 0 aromatic rings. The summed E-state index contributed by atoms with van der Waals surface area (Å²) in [6.07, 6.45) is 1.13. The van der Waals surface area contributed by atoms with Crippen molar-refractivity contribution in [2.45, 2.75) is 38.8 Å². The molecule has 0 aliphatic heterocycles. The van der Waals surface area contributed by atoms with E-state index in [1.54, 1.807) is 23.5 Å². The van der Waals surface area contributed by atoms with Crippen molar-refractivity contribution in [3.05, 3.63) is 0 Å². The maximum atomic E-state index is 10.2. The molecule has 8 heteroatoms. The van der Waals surface area contributed by atoms with Crippen molar-refractivity contribution in [1.29, 1.82) is 0 Å². The minimum atomic E-state index is -0.906. The summed E-state index contributed by atoms with van der Waals surface area (Å²) >= 11 is 3.42. The molecule has 120 valence electrons. The number of hydrogen-bond donors (Lipinski definition) is 4. The van der Waals surface area contributed by atoms with E-state index in [2.05, 4.69) is 0 Å². The summed E-state index contributed by atoms with van der Waals surface area (Å²) in [6.45, 7) is 4.08. The van der Waals surface area contributed by atoms with E-state index in [0.29, 0.717) is 12.8 Å². The van der Waals surface area contributed by atoms with Crippen LogP contribution >= 0.6 is 23.5 Å². The molecule has 0 radical (unpaired) electrons. The highest BCUT2D eigenvalue weighted by Gasteiger charge is 2.10. The zero-order valence-corrected chi connectivity index (χ0v) is 13.7. The van der Waals surface area contributed by atoms with Crippen molar-refractivity contribution in [3.8, 4) is 0 Å². The lowest BCUT2D eigenvalue weighted by Crippen LogP contribution is -2.30. The third-order valence-electron chi connectivity index (χ3n) is 2.19. The highest BCUT2D eigenvalue weighted by Crippen LogP contribution is 2.03. The molecule has 0 bridgehead atoms. The Hall–Kier alpha value is -0.440. The Labute approximate surface area is 129 Å². The first-order chi connectivity index (χ1) is 9.36. The zero-order valence-electron chi connectivity index (χ0n) is 12.1. The third-order valence-corrected chi connectivity index (χ3v) is 4.05. The Morgan fingerprint density at radius 3 is 1.40 bits per heavy atom. The molecule has 20 heavy (non-hydrogen) atoms. The monoisotopic (exact) mass is 326 g/mol.